The van der Waals surface area contributed by atoms with E-state index in [4.69, 9.17) is 0 Å². The molecule has 0 saturated carbocycles. The highest BCUT2D eigenvalue weighted by molar-refractivity contribution is 5.95. The maximum absolute atomic E-state index is 11.5. The van der Waals surface area contributed by atoms with Gasteiger partial charge in [-0.15, -0.1) is 0 Å². The van der Waals surface area contributed by atoms with Crippen LogP contribution in [0.1, 0.15) is 17.7 Å². The number of rotatable bonds is 0. The molecule has 3 heteroatoms. The Morgan fingerprint density at radius 2 is 2.11 bits per heavy atom. The molecule has 0 bridgehead atoms. The summed E-state index contributed by atoms with van der Waals surface area (Å²) in [5.74, 6) is 0.177. The van der Waals surface area contributed by atoms with Gasteiger partial charge in [0.25, 0.3) is 0 Å². The Kier molecular flexibility index (Phi) is 2.09. The second-order valence-corrected chi connectivity index (χ2v) is 5.01. The van der Waals surface area contributed by atoms with Gasteiger partial charge >= 0.3 is 0 Å². The van der Waals surface area contributed by atoms with E-state index in [1.165, 1.54) is 22.3 Å². The zero-order valence-electron chi connectivity index (χ0n) is 10.3. The average Bonchev–Trinajstić information content (AvgIpc) is 2.78. The first-order chi connectivity index (χ1) is 9.31. The molecule has 0 atom stereocenters. The first-order valence-corrected chi connectivity index (χ1v) is 6.37. The van der Waals surface area contributed by atoms with E-state index in [0.29, 0.717) is 6.42 Å². The molecule has 0 fully saturated rings. The normalized spacial score (nSPS) is 20.3. The molecule has 4 rings (SSSR count). The van der Waals surface area contributed by atoms with Crippen molar-refractivity contribution in [2.45, 2.75) is 12.8 Å². The minimum Gasteiger partial charge on any atom is -0.294 e. The van der Waals surface area contributed by atoms with Gasteiger partial charge in [0, 0.05) is 18.4 Å². The van der Waals surface area contributed by atoms with Crippen molar-refractivity contribution in [3.63, 3.8) is 0 Å². The number of hydrogen-bond acceptors (Lipinski definition) is 2. The van der Waals surface area contributed by atoms with E-state index in [-0.39, 0.29) is 5.78 Å². The van der Waals surface area contributed by atoms with Crippen LogP contribution in [-0.4, -0.2) is 16.0 Å². The van der Waals surface area contributed by atoms with E-state index in [1.54, 1.807) is 6.08 Å². The molecule has 0 aromatic carbocycles. The summed E-state index contributed by atoms with van der Waals surface area (Å²) in [5.41, 5.74) is 7.11. The maximum atomic E-state index is 11.5. The van der Waals surface area contributed by atoms with Crippen molar-refractivity contribution in [3.05, 3.63) is 70.1 Å². The molecule has 1 aromatic rings. The minimum absolute atomic E-state index is 0.177. The lowest BCUT2D eigenvalue weighted by molar-refractivity contribution is -0.114. The van der Waals surface area contributed by atoms with Gasteiger partial charge in [0.15, 0.2) is 5.78 Å². The molecule has 19 heavy (non-hydrogen) atoms. The second-order valence-electron chi connectivity index (χ2n) is 5.01. The van der Waals surface area contributed by atoms with E-state index in [0.717, 1.165) is 17.7 Å². The summed E-state index contributed by atoms with van der Waals surface area (Å²) in [5, 5.41) is 7.12. The number of nitrogens with zero attached hydrogens (tertiary/aromatic N) is 1. The number of aromatic nitrogens is 2. The van der Waals surface area contributed by atoms with Gasteiger partial charge in [0.05, 0.1) is 11.9 Å². The zero-order valence-corrected chi connectivity index (χ0v) is 10.3. The van der Waals surface area contributed by atoms with Crippen LogP contribution in [-0.2, 0) is 11.2 Å². The molecule has 92 valence electrons. The average molecular weight is 248 g/mol. The standard InChI is InChI=1S/C16H12N2O/c19-13-4-5-14-10(6-13)2-1-3-11-8-16-12(7-15(11)14)9-17-18-16/h1-5,8-9H,6-7H2,(H,17,18). The topological polar surface area (TPSA) is 45.8 Å². The molecular formula is C16H12N2O. The van der Waals surface area contributed by atoms with Crippen LogP contribution in [0.25, 0.3) is 6.08 Å². The zero-order chi connectivity index (χ0) is 12.8. The predicted molar refractivity (Wildman–Crippen MR) is 73.3 cm³/mol. The van der Waals surface area contributed by atoms with Gasteiger partial charge in [-0.05, 0) is 34.4 Å². The van der Waals surface area contributed by atoms with Crippen molar-refractivity contribution in [2.75, 3.05) is 0 Å². The Labute approximate surface area is 110 Å². The number of hydrogen-bond donors (Lipinski definition) is 1. The lowest BCUT2D eigenvalue weighted by Gasteiger charge is -2.20. The highest BCUT2D eigenvalue weighted by Crippen LogP contribution is 2.36. The van der Waals surface area contributed by atoms with Gasteiger partial charge in [-0.1, -0.05) is 24.3 Å². The van der Waals surface area contributed by atoms with Crippen molar-refractivity contribution >= 4 is 11.9 Å². The summed E-state index contributed by atoms with van der Waals surface area (Å²) in [6, 6.07) is 0. The fourth-order valence-electron chi connectivity index (χ4n) is 2.86. The van der Waals surface area contributed by atoms with Crippen molar-refractivity contribution in [1.29, 1.82) is 0 Å². The molecule has 0 spiro atoms. The first kappa shape index (κ1) is 10.5. The van der Waals surface area contributed by atoms with Gasteiger partial charge in [0.1, 0.15) is 0 Å². The number of carbonyl (C=O) groups excluding carboxylic acids is 1. The number of fused-ring (bicyclic) bond motifs is 3. The Morgan fingerprint density at radius 3 is 3.05 bits per heavy atom. The number of ketones is 1. The fraction of sp³-hybridized carbons (Fsp3) is 0.125. The molecule has 3 aliphatic carbocycles. The summed E-state index contributed by atoms with van der Waals surface area (Å²) in [6.45, 7) is 0. The number of H-pyrrole nitrogens is 1. The van der Waals surface area contributed by atoms with Gasteiger partial charge in [-0.25, -0.2) is 0 Å². The highest BCUT2D eigenvalue weighted by Gasteiger charge is 2.23. The van der Waals surface area contributed by atoms with Gasteiger partial charge in [0.2, 0.25) is 0 Å². The highest BCUT2D eigenvalue weighted by atomic mass is 16.1. The fourth-order valence-corrected chi connectivity index (χ4v) is 2.86. The monoisotopic (exact) mass is 248 g/mol. The van der Waals surface area contributed by atoms with E-state index in [9.17, 15) is 4.79 Å². The largest absolute Gasteiger partial charge is 0.294 e. The van der Waals surface area contributed by atoms with E-state index < -0.39 is 0 Å². The Balaban J connectivity index is 1.95. The van der Waals surface area contributed by atoms with Crippen molar-refractivity contribution in [1.82, 2.24) is 10.2 Å². The van der Waals surface area contributed by atoms with Gasteiger partial charge < -0.3 is 0 Å². The number of nitrogens with one attached hydrogen (secondary N) is 1. The molecule has 0 unspecified atom stereocenters. The quantitative estimate of drug-likeness (QED) is 0.767. The smallest absolute Gasteiger partial charge is 0.160 e. The summed E-state index contributed by atoms with van der Waals surface area (Å²) < 4.78 is 0. The second kappa shape index (κ2) is 3.79. The first-order valence-electron chi connectivity index (χ1n) is 6.37. The SMILES string of the molecule is O=C1C=CC2=C3Cc4cn[nH]c4C=C3C=CC=C2C1. The third kappa shape index (κ3) is 1.58. The van der Waals surface area contributed by atoms with E-state index in [2.05, 4.69) is 28.4 Å². The summed E-state index contributed by atoms with van der Waals surface area (Å²) in [6.07, 6.45) is 15.2. The number of allylic oxidation sites excluding steroid dienone is 9. The summed E-state index contributed by atoms with van der Waals surface area (Å²) >= 11 is 0. The van der Waals surface area contributed by atoms with Crippen LogP contribution in [0, 0.1) is 0 Å². The van der Waals surface area contributed by atoms with Crippen LogP contribution in [0.2, 0.25) is 0 Å². The van der Waals surface area contributed by atoms with E-state index >= 15 is 0 Å². The van der Waals surface area contributed by atoms with Crippen molar-refractivity contribution in [3.8, 4) is 0 Å². The number of aromatic amines is 1. The van der Waals surface area contributed by atoms with Crippen LogP contribution >= 0.6 is 0 Å². The van der Waals surface area contributed by atoms with E-state index in [1.807, 2.05) is 18.3 Å². The molecular weight excluding hydrogens is 236 g/mol. The lowest BCUT2D eigenvalue weighted by Crippen LogP contribution is -2.09. The number of carbonyl (C=O) groups is 1. The molecule has 0 amide bonds. The predicted octanol–water partition coefficient (Wildman–Crippen LogP) is 2.67. The maximum Gasteiger partial charge on any atom is 0.160 e. The third-order valence-corrected chi connectivity index (χ3v) is 3.81. The molecule has 1 aromatic heterocycles. The minimum atomic E-state index is 0.177. The molecule has 0 radical (unpaired) electrons. The lowest BCUT2D eigenvalue weighted by atomic mass is 9.84. The molecule has 0 aliphatic heterocycles. The summed E-state index contributed by atoms with van der Waals surface area (Å²) in [4.78, 5) is 11.5. The summed E-state index contributed by atoms with van der Waals surface area (Å²) in [7, 11) is 0. The Bertz CT molecular complexity index is 739. The van der Waals surface area contributed by atoms with Crippen molar-refractivity contribution < 1.29 is 4.79 Å². The third-order valence-electron chi connectivity index (χ3n) is 3.81. The van der Waals surface area contributed by atoms with Crippen LogP contribution in [0.4, 0.5) is 0 Å². The van der Waals surface area contributed by atoms with Crippen LogP contribution in [0.3, 0.4) is 0 Å². The Morgan fingerprint density at radius 1 is 1.16 bits per heavy atom. The van der Waals surface area contributed by atoms with Crippen molar-refractivity contribution in [2.24, 2.45) is 0 Å². The van der Waals surface area contributed by atoms with Crippen LogP contribution < -0.4 is 0 Å². The Hall–Kier alpha value is -2.42. The molecule has 1 heterocycles. The van der Waals surface area contributed by atoms with Gasteiger partial charge in [-0.3, -0.25) is 9.89 Å². The molecule has 1 N–H and O–H groups in total. The molecule has 3 aliphatic rings. The van der Waals surface area contributed by atoms with Crippen LogP contribution in [0.5, 0.6) is 0 Å². The van der Waals surface area contributed by atoms with Crippen LogP contribution in [0.15, 0.2) is 58.9 Å². The van der Waals surface area contributed by atoms with Gasteiger partial charge in [-0.2, -0.15) is 5.10 Å². The molecule has 0 saturated heterocycles. The molecule has 3 nitrogen and oxygen atoms in total.